The Morgan fingerprint density at radius 1 is 1.50 bits per heavy atom. The predicted octanol–water partition coefficient (Wildman–Crippen LogP) is 2.15. The second kappa shape index (κ2) is 8.33. The van der Waals surface area contributed by atoms with Crippen LogP contribution in [0, 0.1) is 6.92 Å². The molecule has 2 aliphatic heterocycles. The highest BCUT2D eigenvalue weighted by molar-refractivity contribution is 5.78. The van der Waals surface area contributed by atoms with Crippen LogP contribution >= 0.6 is 0 Å². The molecule has 1 spiro atoms. The number of hydrogen-bond acceptors (Lipinski definition) is 5. The number of piperidine rings is 1. The third-order valence-electron chi connectivity index (χ3n) is 5.64. The second-order valence-electron chi connectivity index (χ2n) is 7.53. The Hall–Kier alpha value is -1.69. The Kier molecular flexibility index (Phi) is 6.12. The van der Waals surface area contributed by atoms with Gasteiger partial charge in [-0.3, -0.25) is 9.89 Å². The fourth-order valence-electron chi connectivity index (χ4n) is 4.24. The summed E-state index contributed by atoms with van der Waals surface area (Å²) in [7, 11) is 0. The molecule has 1 aromatic rings. The molecular formula is C21H31N3O2. The molecule has 5 heteroatoms. The second-order valence-corrected chi connectivity index (χ2v) is 7.53. The topological polar surface area (TPSA) is 71.1 Å². The Morgan fingerprint density at radius 3 is 3.08 bits per heavy atom. The van der Waals surface area contributed by atoms with Crippen LogP contribution in [0.1, 0.15) is 36.5 Å². The fraction of sp³-hybridized carbons (Fsp3) is 0.571. The summed E-state index contributed by atoms with van der Waals surface area (Å²) < 4.78 is 6.40. The first kappa shape index (κ1) is 19.1. The SMILES string of the molecule is Cc1ccc2c(c1)C1(CCN(C/C(C=NCCO)=C/N)[C@@H](C)C1)OCC2. The monoisotopic (exact) mass is 357 g/mol. The minimum Gasteiger partial charge on any atom is -0.404 e. The zero-order valence-corrected chi connectivity index (χ0v) is 15.9. The Morgan fingerprint density at radius 2 is 2.35 bits per heavy atom. The van der Waals surface area contributed by atoms with E-state index in [4.69, 9.17) is 15.6 Å². The van der Waals surface area contributed by atoms with Gasteiger partial charge >= 0.3 is 0 Å². The lowest BCUT2D eigenvalue weighted by Gasteiger charge is -2.48. The summed E-state index contributed by atoms with van der Waals surface area (Å²) >= 11 is 0. The fourth-order valence-corrected chi connectivity index (χ4v) is 4.24. The van der Waals surface area contributed by atoms with Crippen molar-refractivity contribution in [3.63, 3.8) is 0 Å². The van der Waals surface area contributed by atoms with Gasteiger partial charge in [0.1, 0.15) is 0 Å². The van der Waals surface area contributed by atoms with E-state index in [2.05, 4.69) is 41.9 Å². The van der Waals surface area contributed by atoms with Crippen LogP contribution in [0.3, 0.4) is 0 Å². The first-order valence-corrected chi connectivity index (χ1v) is 9.57. The highest BCUT2D eigenvalue weighted by atomic mass is 16.5. The number of nitrogens with zero attached hydrogens (tertiary/aromatic N) is 2. The van der Waals surface area contributed by atoms with Crippen LogP contribution < -0.4 is 5.73 Å². The number of rotatable bonds is 5. The molecule has 0 bridgehead atoms. The van der Waals surface area contributed by atoms with Gasteiger partial charge in [-0.15, -0.1) is 0 Å². The Balaban J connectivity index is 1.72. The van der Waals surface area contributed by atoms with Gasteiger partial charge in [0.05, 0.1) is 25.4 Å². The van der Waals surface area contributed by atoms with Gasteiger partial charge in [-0.05, 0) is 56.0 Å². The Bertz CT molecular complexity index is 686. The van der Waals surface area contributed by atoms with Crippen molar-refractivity contribution < 1.29 is 9.84 Å². The highest BCUT2D eigenvalue weighted by Crippen LogP contribution is 2.43. The number of ether oxygens (including phenoxy) is 1. The standard InChI is InChI=1S/C21H31N3O2/c1-16-3-4-19-5-10-26-21(20(19)11-16)6-8-24(17(2)12-21)15-18(13-22)14-23-7-9-25/h3-4,11,13-14,17,25H,5-10,12,15,22H2,1-2H3/b18-13+,23-14?/t17-,21?/m0/s1. The number of aliphatic hydroxyl groups is 1. The maximum absolute atomic E-state index is 8.87. The van der Waals surface area contributed by atoms with Crippen molar-refractivity contribution in [2.75, 3.05) is 32.8 Å². The molecule has 0 aromatic heterocycles. The number of aryl methyl sites for hydroxylation is 1. The minimum atomic E-state index is -0.146. The van der Waals surface area contributed by atoms with Crippen LogP contribution in [0.25, 0.3) is 0 Å². The molecule has 0 aliphatic carbocycles. The van der Waals surface area contributed by atoms with E-state index in [1.807, 2.05) is 0 Å². The summed E-state index contributed by atoms with van der Waals surface area (Å²) in [5.41, 5.74) is 10.8. The van der Waals surface area contributed by atoms with Gasteiger partial charge in [-0.1, -0.05) is 23.8 Å². The number of aliphatic imine (C=N–C) groups is 1. The maximum Gasteiger partial charge on any atom is 0.0961 e. The molecule has 1 unspecified atom stereocenters. The number of benzene rings is 1. The van der Waals surface area contributed by atoms with Crippen LogP contribution in [-0.4, -0.2) is 55.1 Å². The van der Waals surface area contributed by atoms with Crippen LogP contribution in [0.15, 0.2) is 35.0 Å². The third kappa shape index (κ3) is 4.00. The van der Waals surface area contributed by atoms with Gasteiger partial charge in [0, 0.05) is 25.3 Å². The first-order valence-electron chi connectivity index (χ1n) is 9.57. The van der Waals surface area contributed by atoms with E-state index >= 15 is 0 Å². The molecular weight excluding hydrogens is 326 g/mol. The molecule has 26 heavy (non-hydrogen) atoms. The molecule has 3 N–H and O–H groups in total. The lowest BCUT2D eigenvalue weighted by molar-refractivity contribution is -0.110. The van der Waals surface area contributed by atoms with Gasteiger partial charge in [-0.2, -0.15) is 0 Å². The van der Waals surface area contributed by atoms with E-state index in [-0.39, 0.29) is 12.2 Å². The lowest BCUT2D eigenvalue weighted by Crippen LogP contribution is -2.51. The molecule has 142 valence electrons. The van der Waals surface area contributed by atoms with Gasteiger partial charge in [-0.25, -0.2) is 0 Å². The molecule has 0 amide bonds. The molecule has 1 fully saturated rings. The average molecular weight is 357 g/mol. The van der Waals surface area contributed by atoms with Gasteiger partial charge < -0.3 is 15.6 Å². The molecule has 1 aromatic carbocycles. The van der Waals surface area contributed by atoms with Crippen LogP contribution in [0.4, 0.5) is 0 Å². The molecule has 2 aliphatic rings. The van der Waals surface area contributed by atoms with Gasteiger partial charge in [0.25, 0.3) is 0 Å². The number of nitrogens with two attached hydrogens (primary N) is 1. The zero-order valence-electron chi connectivity index (χ0n) is 15.9. The number of likely N-dealkylation sites (tertiary alicyclic amines) is 1. The molecule has 0 saturated carbocycles. The summed E-state index contributed by atoms with van der Waals surface area (Å²) in [5.74, 6) is 0. The number of hydrogen-bond donors (Lipinski definition) is 2. The van der Waals surface area contributed by atoms with E-state index in [0.717, 1.165) is 44.5 Å². The van der Waals surface area contributed by atoms with Gasteiger partial charge in [0.15, 0.2) is 0 Å². The largest absolute Gasteiger partial charge is 0.404 e. The average Bonchev–Trinajstić information content (AvgIpc) is 2.64. The van der Waals surface area contributed by atoms with Crippen molar-refractivity contribution in [2.24, 2.45) is 10.7 Å². The van der Waals surface area contributed by atoms with Crippen molar-refractivity contribution in [1.29, 1.82) is 0 Å². The number of fused-ring (bicyclic) bond motifs is 2. The van der Waals surface area contributed by atoms with Crippen molar-refractivity contribution in [2.45, 2.75) is 44.8 Å². The molecule has 3 rings (SSSR count). The number of aliphatic hydroxyl groups excluding tert-OH is 1. The van der Waals surface area contributed by atoms with E-state index in [9.17, 15) is 0 Å². The third-order valence-corrected chi connectivity index (χ3v) is 5.64. The van der Waals surface area contributed by atoms with Crippen LogP contribution in [0.5, 0.6) is 0 Å². The molecule has 0 radical (unpaired) electrons. The molecule has 5 nitrogen and oxygen atoms in total. The zero-order chi connectivity index (χ0) is 18.6. The quantitative estimate of drug-likeness (QED) is 0.792. The van der Waals surface area contributed by atoms with Crippen molar-refractivity contribution in [1.82, 2.24) is 4.90 Å². The van der Waals surface area contributed by atoms with Crippen LogP contribution in [-0.2, 0) is 16.8 Å². The normalized spacial score (nSPS) is 27.2. The lowest BCUT2D eigenvalue weighted by atomic mass is 9.76. The minimum absolute atomic E-state index is 0.0627. The smallest absolute Gasteiger partial charge is 0.0961 e. The Labute approximate surface area is 156 Å². The predicted molar refractivity (Wildman–Crippen MR) is 105 cm³/mol. The van der Waals surface area contributed by atoms with Crippen molar-refractivity contribution in [3.8, 4) is 0 Å². The molecule has 2 atom stereocenters. The maximum atomic E-state index is 8.87. The summed E-state index contributed by atoms with van der Waals surface area (Å²) in [6, 6.07) is 7.21. The molecule has 1 saturated heterocycles. The van der Waals surface area contributed by atoms with E-state index in [1.54, 1.807) is 12.4 Å². The van der Waals surface area contributed by atoms with E-state index < -0.39 is 0 Å². The van der Waals surface area contributed by atoms with Crippen molar-refractivity contribution in [3.05, 3.63) is 46.7 Å². The summed E-state index contributed by atoms with van der Waals surface area (Å²) in [6.45, 7) is 7.47. The summed E-state index contributed by atoms with van der Waals surface area (Å²) in [6.07, 6.45) is 6.40. The van der Waals surface area contributed by atoms with E-state index in [1.165, 1.54) is 16.7 Å². The molecule has 2 heterocycles. The summed E-state index contributed by atoms with van der Waals surface area (Å²) in [4.78, 5) is 6.65. The van der Waals surface area contributed by atoms with Gasteiger partial charge in [0.2, 0.25) is 0 Å². The highest BCUT2D eigenvalue weighted by Gasteiger charge is 2.43. The summed E-state index contributed by atoms with van der Waals surface area (Å²) in [5, 5.41) is 8.87. The van der Waals surface area contributed by atoms with Crippen molar-refractivity contribution >= 4 is 6.21 Å². The first-order chi connectivity index (χ1) is 12.6. The van der Waals surface area contributed by atoms with E-state index in [0.29, 0.717) is 12.6 Å². The van der Waals surface area contributed by atoms with Crippen LogP contribution in [0.2, 0.25) is 0 Å².